The van der Waals surface area contributed by atoms with Crippen molar-refractivity contribution in [1.82, 2.24) is 15.2 Å². The van der Waals surface area contributed by atoms with Crippen molar-refractivity contribution in [2.24, 2.45) is 10.7 Å². The standard InChI is InChI=1S/C19H19N5O3.C4H10.CH3At/c1-11-8-13-9-14(5-7-16(13)27-11)22-19(20)23-17(25)12-4-6-15(21-10-12)18(26)24(2)3;1-3-4-2;1-2/h4-10H,1-3H3,(H3,20,22,23,25);3-4H2,1-2H3;1H3. The summed E-state index contributed by atoms with van der Waals surface area (Å²) in [5, 5.41) is 3.40. The summed E-state index contributed by atoms with van der Waals surface area (Å²) < 4.78 is 7.56. The van der Waals surface area contributed by atoms with E-state index in [0.29, 0.717) is 5.69 Å². The second-order valence-corrected chi connectivity index (χ2v) is 7.16. The number of hydrogen-bond acceptors (Lipinski definition) is 5. The third-order valence-electron chi connectivity index (χ3n) is 4.27. The number of aryl methyl sites for hydroxylation is 1. The molecule has 0 unspecified atom stereocenters. The van der Waals surface area contributed by atoms with Gasteiger partial charge in [0, 0.05) is 25.7 Å². The number of carbonyl (C=O) groups excluding carboxylic acids is 2. The van der Waals surface area contributed by atoms with E-state index >= 15 is 0 Å². The Morgan fingerprint density at radius 3 is 2.33 bits per heavy atom. The van der Waals surface area contributed by atoms with Crippen LogP contribution in [0.3, 0.4) is 0 Å². The van der Waals surface area contributed by atoms with Gasteiger partial charge in [0.15, 0.2) is 0 Å². The molecule has 0 spiro atoms. The van der Waals surface area contributed by atoms with Crippen LogP contribution in [0.4, 0.5) is 5.69 Å². The Bertz CT molecular complexity index is 1070. The molecule has 2 aromatic heterocycles. The van der Waals surface area contributed by atoms with Gasteiger partial charge >= 0.3 is 29.4 Å². The molecule has 3 rings (SSSR count). The zero-order valence-electron chi connectivity index (χ0n) is 20.0. The molecule has 0 aliphatic carbocycles. The number of rotatable bonds is 4. The first-order chi connectivity index (χ1) is 15.7. The minimum absolute atomic E-state index is 0.0481. The van der Waals surface area contributed by atoms with Gasteiger partial charge in [0.25, 0.3) is 11.8 Å². The van der Waals surface area contributed by atoms with Gasteiger partial charge in [0.05, 0.1) is 11.3 Å². The van der Waals surface area contributed by atoms with Crippen LogP contribution in [0.25, 0.3) is 11.0 Å². The number of carbonyl (C=O) groups is 2. The van der Waals surface area contributed by atoms with Crippen molar-refractivity contribution in [3.05, 3.63) is 59.6 Å². The van der Waals surface area contributed by atoms with Crippen molar-refractivity contribution in [3.8, 4) is 0 Å². The number of aliphatic imine (C=N–C) groups is 1. The van der Waals surface area contributed by atoms with E-state index in [0.717, 1.165) is 16.7 Å². The Labute approximate surface area is 210 Å². The molecular formula is C24H32AtN5O3. The van der Waals surface area contributed by atoms with Crippen LogP contribution in [0.5, 0.6) is 0 Å². The summed E-state index contributed by atoms with van der Waals surface area (Å²) in [7, 11) is 3.26. The molecule has 0 bridgehead atoms. The number of unbranched alkanes of at least 4 members (excludes halogenated alkanes) is 1. The number of nitrogens with two attached hydrogens (primary N) is 1. The minimum atomic E-state index is -0.465. The smallest absolute Gasteiger partial charge is 0.271 e. The van der Waals surface area contributed by atoms with E-state index in [1.54, 1.807) is 50.9 Å². The summed E-state index contributed by atoms with van der Waals surface area (Å²) in [4.78, 5) is 33.7. The Morgan fingerprint density at radius 1 is 1.12 bits per heavy atom. The van der Waals surface area contributed by atoms with Gasteiger partial charge < -0.3 is 15.1 Å². The maximum atomic E-state index is 12.3. The average molecular weight is 649 g/mol. The summed E-state index contributed by atoms with van der Waals surface area (Å²) >= 11 is 1.72. The minimum Gasteiger partial charge on any atom is -0.461 e. The van der Waals surface area contributed by atoms with Crippen molar-refractivity contribution in [2.45, 2.75) is 38.2 Å². The van der Waals surface area contributed by atoms with E-state index in [2.05, 4.69) is 33.8 Å². The van der Waals surface area contributed by atoms with E-state index in [9.17, 15) is 9.59 Å². The number of amides is 2. The third kappa shape index (κ3) is 8.93. The van der Waals surface area contributed by atoms with E-state index < -0.39 is 5.91 Å². The number of furan rings is 1. The summed E-state index contributed by atoms with van der Waals surface area (Å²) in [5.74, 6) is 0.0462. The summed E-state index contributed by atoms with van der Waals surface area (Å²) in [5.41, 5.74) is 7.69. The fraction of sp³-hybridized carbons (Fsp3) is 0.333. The average Bonchev–Trinajstić information content (AvgIpc) is 3.19. The van der Waals surface area contributed by atoms with Crippen LogP contribution in [-0.4, -0.2) is 41.8 Å². The quantitative estimate of drug-likeness (QED) is 0.317. The summed E-state index contributed by atoms with van der Waals surface area (Å²) in [6.45, 7) is 6.23. The number of nitrogens with one attached hydrogen (secondary N) is 1. The Hall–Kier alpha value is -2.80. The van der Waals surface area contributed by atoms with E-state index in [1.165, 1.54) is 36.1 Å². The first-order valence-corrected chi connectivity index (χ1v) is 13.4. The fourth-order valence-corrected chi connectivity index (χ4v) is 2.47. The molecule has 0 aliphatic heterocycles. The predicted octanol–water partition coefficient (Wildman–Crippen LogP) is 4.60. The zero-order chi connectivity index (χ0) is 25.0. The van der Waals surface area contributed by atoms with Crippen LogP contribution < -0.4 is 11.1 Å². The number of hydrogen-bond donors (Lipinski definition) is 2. The first-order valence-electron chi connectivity index (χ1n) is 10.5. The number of guanidine groups is 1. The van der Waals surface area contributed by atoms with Gasteiger partial charge in [-0.15, -0.1) is 0 Å². The van der Waals surface area contributed by atoms with Gasteiger partial charge in [-0.3, -0.25) is 19.9 Å². The first kappa shape index (κ1) is 28.2. The number of aromatic nitrogens is 1. The number of nitrogens with zero attached hydrogens (tertiary/aromatic N) is 3. The SMILES string of the molecule is CCCC.C[At].Cc1cc2cc(N=C(N)NC(=O)c3ccc(C(=O)N(C)C)nc3)ccc2o1. The topological polar surface area (TPSA) is 114 Å². The van der Waals surface area contributed by atoms with Gasteiger partial charge in [-0.05, 0) is 43.3 Å². The van der Waals surface area contributed by atoms with Gasteiger partial charge in [-0.2, -0.15) is 0 Å². The second-order valence-electron chi connectivity index (χ2n) is 7.16. The summed E-state index contributed by atoms with van der Waals surface area (Å²) in [6.07, 6.45) is 3.96. The Kier molecular flexibility index (Phi) is 12.3. The second kappa shape index (κ2) is 14.4. The number of pyridine rings is 1. The molecule has 0 atom stereocenters. The predicted molar refractivity (Wildman–Crippen MR) is 128 cm³/mol. The molecule has 3 aromatic rings. The van der Waals surface area contributed by atoms with Crippen molar-refractivity contribution in [1.29, 1.82) is 0 Å². The number of benzene rings is 1. The van der Waals surface area contributed by atoms with Crippen molar-refractivity contribution >= 4 is 34.4 Å². The van der Waals surface area contributed by atoms with Crippen LogP contribution in [0.1, 0.15) is 53.3 Å². The van der Waals surface area contributed by atoms with Crippen molar-refractivity contribution in [3.63, 3.8) is 0 Å². The van der Waals surface area contributed by atoms with Gasteiger partial charge in [-0.1, -0.05) is 26.7 Å². The molecule has 9 heteroatoms. The molecule has 0 fully saturated rings. The molecule has 2 amide bonds. The molecule has 33 heavy (non-hydrogen) atoms. The van der Waals surface area contributed by atoms with Gasteiger partial charge in [0.2, 0.25) is 5.96 Å². The maximum absolute atomic E-state index is 12.3. The molecule has 0 saturated heterocycles. The molecule has 1 aromatic carbocycles. The fourth-order valence-electron chi connectivity index (χ4n) is 2.47. The van der Waals surface area contributed by atoms with Gasteiger partial charge in [0.1, 0.15) is 17.0 Å². The van der Waals surface area contributed by atoms with Crippen LogP contribution in [0.15, 0.2) is 52.0 Å². The number of fused-ring (bicyclic) bond motifs is 1. The third-order valence-corrected chi connectivity index (χ3v) is 4.27. The van der Waals surface area contributed by atoms with Crippen LogP contribution in [-0.2, 0) is 0 Å². The Morgan fingerprint density at radius 2 is 1.79 bits per heavy atom. The normalized spacial score (nSPS) is 10.5. The largest absolute Gasteiger partial charge is 0.461 e. The van der Waals surface area contributed by atoms with Crippen LogP contribution in [0, 0.1) is 31.6 Å². The van der Waals surface area contributed by atoms with Crippen LogP contribution in [0.2, 0.25) is 4.63 Å². The summed E-state index contributed by atoms with van der Waals surface area (Å²) in [6, 6.07) is 10.2. The van der Waals surface area contributed by atoms with E-state index in [1.807, 2.05) is 19.1 Å². The molecule has 8 nitrogen and oxygen atoms in total. The molecule has 0 saturated carbocycles. The molecule has 0 aliphatic rings. The Balaban J connectivity index is 0.000000820. The molecular weight excluding hydrogens is 616 g/mol. The van der Waals surface area contributed by atoms with Crippen molar-refractivity contribution < 1.29 is 38.7 Å². The molecule has 2 heterocycles. The van der Waals surface area contributed by atoms with E-state index in [-0.39, 0.29) is 23.1 Å². The van der Waals surface area contributed by atoms with Gasteiger partial charge in [-0.25, -0.2) is 4.99 Å². The molecule has 178 valence electrons. The molecule has 3 N–H and O–H groups in total. The van der Waals surface area contributed by atoms with E-state index in [4.69, 9.17) is 10.2 Å². The monoisotopic (exact) mass is 648 g/mol. The van der Waals surface area contributed by atoms with Crippen LogP contribution >= 0.6 is 0 Å². The van der Waals surface area contributed by atoms with Crippen molar-refractivity contribution in [2.75, 3.05) is 14.1 Å². The zero-order valence-corrected chi connectivity index (χ0v) is 22.9. The maximum Gasteiger partial charge on any atom is 0.271 e. The molecule has 0 radical (unpaired) electrons.